The first-order valence-corrected chi connectivity index (χ1v) is 8.43. The zero-order chi connectivity index (χ0) is 19.4. The predicted molar refractivity (Wildman–Crippen MR) is 106 cm³/mol. The molecule has 9 heteroatoms. The van der Waals surface area contributed by atoms with Gasteiger partial charge in [-0.05, 0) is 48.6 Å². The van der Waals surface area contributed by atoms with Gasteiger partial charge in [-0.25, -0.2) is 9.97 Å². The van der Waals surface area contributed by atoms with Crippen molar-refractivity contribution >= 4 is 46.4 Å². The molecule has 3 aromatic heterocycles. The molecule has 5 rings (SSSR count). The van der Waals surface area contributed by atoms with Crippen molar-refractivity contribution in [1.29, 1.82) is 0 Å². The molecule has 6 N–H and O–H groups in total. The Morgan fingerprint density at radius 1 is 0.483 bits per heavy atom. The van der Waals surface area contributed by atoms with Crippen LogP contribution < -0.4 is 0 Å². The second-order valence-corrected chi connectivity index (χ2v) is 6.40. The van der Waals surface area contributed by atoms with E-state index in [-0.39, 0.29) is 62.6 Å². The van der Waals surface area contributed by atoms with Gasteiger partial charge >= 0.3 is 0 Å². The van der Waals surface area contributed by atoms with E-state index in [2.05, 4.69) is 19.9 Å². The topological polar surface area (TPSA) is 138 Å². The second kappa shape index (κ2) is 6.73. The third kappa shape index (κ3) is 2.92. The summed E-state index contributed by atoms with van der Waals surface area (Å²) in [6, 6.07) is 6.39. The molecule has 0 spiro atoms. The number of aromatic hydroxyl groups is 4. The van der Waals surface area contributed by atoms with E-state index >= 15 is 0 Å². The quantitative estimate of drug-likeness (QED) is 0.221. The summed E-state index contributed by atoms with van der Waals surface area (Å²) in [6.45, 7) is 0. The Balaban J connectivity index is 0.00000205. The van der Waals surface area contributed by atoms with E-state index in [0.717, 1.165) is 0 Å². The molecule has 0 fully saturated rings. The van der Waals surface area contributed by atoms with E-state index in [9.17, 15) is 20.4 Å². The summed E-state index contributed by atoms with van der Waals surface area (Å²) in [5.74, 6) is -0.502. The van der Waals surface area contributed by atoms with Crippen molar-refractivity contribution in [3.63, 3.8) is 0 Å². The predicted octanol–water partition coefficient (Wildman–Crippen LogP) is 3.48. The Hall–Kier alpha value is -3.69. The Morgan fingerprint density at radius 2 is 0.724 bits per heavy atom. The van der Waals surface area contributed by atoms with E-state index in [0.29, 0.717) is 22.1 Å². The number of rotatable bonds is 0. The first-order chi connectivity index (χ1) is 13.5. The molecule has 3 aromatic rings. The summed E-state index contributed by atoms with van der Waals surface area (Å²) in [5, 5.41) is 42.0. The van der Waals surface area contributed by atoms with E-state index in [1.807, 2.05) is 0 Å². The second-order valence-electron chi connectivity index (χ2n) is 6.40. The fraction of sp³-hybridized carbons (Fsp3) is 0. The van der Waals surface area contributed by atoms with Gasteiger partial charge < -0.3 is 30.4 Å². The normalized spacial score (nSPS) is 12.1. The largest absolute Gasteiger partial charge is 0.504 e. The van der Waals surface area contributed by atoms with Gasteiger partial charge in [-0.1, -0.05) is 0 Å². The Bertz CT molecular complexity index is 1170. The maximum atomic E-state index is 10.5. The summed E-state index contributed by atoms with van der Waals surface area (Å²) in [7, 11) is 0. The van der Waals surface area contributed by atoms with Crippen molar-refractivity contribution < 1.29 is 37.2 Å². The van der Waals surface area contributed by atoms with Crippen LogP contribution in [0.5, 0.6) is 23.0 Å². The van der Waals surface area contributed by atoms with Crippen molar-refractivity contribution in [1.82, 2.24) is 19.9 Å². The Morgan fingerprint density at radius 3 is 0.966 bits per heavy atom. The molecular formula is C20H14CoN4O4. The third-order valence-corrected chi connectivity index (χ3v) is 4.64. The number of hydrogen-bond acceptors (Lipinski definition) is 6. The standard InChI is InChI=1S/C20H14N4O4.Co/c25-17-9-1-2-10(21-9)18(26)12-5-6-14(23-12)20(28)16-8-7-15(24-16)19(27)13-4-3-11(17)22-13;/h1-8,21,24-28H;. The molecule has 0 amide bonds. The van der Waals surface area contributed by atoms with E-state index < -0.39 is 0 Å². The van der Waals surface area contributed by atoms with Crippen molar-refractivity contribution in [3.8, 4) is 23.0 Å². The third-order valence-electron chi connectivity index (χ3n) is 4.64. The first kappa shape index (κ1) is 18.7. The fourth-order valence-corrected chi connectivity index (χ4v) is 3.15. The molecule has 0 saturated heterocycles. The average molecular weight is 433 g/mol. The van der Waals surface area contributed by atoms with E-state index in [1.54, 1.807) is 48.6 Å². The molecule has 5 heterocycles. The van der Waals surface area contributed by atoms with Gasteiger partial charge in [0.05, 0.1) is 22.1 Å². The van der Waals surface area contributed by atoms with Crippen LogP contribution in [0, 0.1) is 0 Å². The van der Waals surface area contributed by atoms with Crippen LogP contribution in [-0.2, 0) is 16.8 Å². The smallest absolute Gasteiger partial charge is 0.165 e. The van der Waals surface area contributed by atoms with Gasteiger partial charge in [0, 0.05) is 16.8 Å². The molecule has 147 valence electrons. The van der Waals surface area contributed by atoms with Gasteiger partial charge in [0.15, 0.2) is 23.0 Å². The molecule has 8 nitrogen and oxygen atoms in total. The molecule has 0 aromatic carbocycles. The zero-order valence-electron chi connectivity index (χ0n) is 14.6. The van der Waals surface area contributed by atoms with E-state index in [4.69, 9.17) is 0 Å². The number of aromatic nitrogens is 4. The number of aromatic amines is 2. The number of hydrogen-bond donors (Lipinski definition) is 6. The number of H-pyrrole nitrogens is 2. The average Bonchev–Trinajstić information content (AvgIpc) is 3.49. The SMILES string of the molecule is Oc1c2nc(c(O)c3ccc([nH]3)c(O)c3nc(c(O)c4ccc1[nH]4)C=C3)C=C2.[Co]. The molecule has 0 saturated carbocycles. The minimum atomic E-state index is -0.125. The molecule has 8 bridgehead atoms. The molecule has 1 radical (unpaired) electrons. The molecule has 0 aliphatic carbocycles. The number of nitrogens with zero attached hydrogens (tertiary/aromatic N) is 2. The molecule has 2 aliphatic heterocycles. The van der Waals surface area contributed by atoms with Crippen molar-refractivity contribution in [2.24, 2.45) is 0 Å². The van der Waals surface area contributed by atoms with Crippen molar-refractivity contribution in [3.05, 3.63) is 47.0 Å². The molecule has 0 atom stereocenters. The maximum Gasteiger partial charge on any atom is 0.165 e. The Kier molecular flexibility index (Phi) is 4.33. The fourth-order valence-electron chi connectivity index (χ4n) is 3.15. The van der Waals surface area contributed by atoms with Crippen LogP contribution in [0.15, 0.2) is 24.3 Å². The number of nitrogens with one attached hydrogen (secondary N) is 2. The summed E-state index contributed by atoms with van der Waals surface area (Å²) in [6.07, 6.45) is 6.28. The van der Waals surface area contributed by atoms with Crippen LogP contribution in [0.3, 0.4) is 0 Å². The molecule has 2 aliphatic rings. The summed E-state index contributed by atoms with van der Waals surface area (Å²) < 4.78 is 0. The van der Waals surface area contributed by atoms with Crippen LogP contribution in [0.2, 0.25) is 0 Å². The van der Waals surface area contributed by atoms with Crippen LogP contribution in [0.4, 0.5) is 0 Å². The molecule has 0 unspecified atom stereocenters. The Labute approximate surface area is 173 Å². The van der Waals surface area contributed by atoms with Crippen molar-refractivity contribution in [2.75, 3.05) is 0 Å². The van der Waals surface area contributed by atoms with Gasteiger partial charge in [0.25, 0.3) is 0 Å². The first-order valence-electron chi connectivity index (χ1n) is 8.43. The zero-order valence-corrected chi connectivity index (χ0v) is 15.7. The van der Waals surface area contributed by atoms with E-state index in [1.165, 1.54) is 0 Å². The van der Waals surface area contributed by atoms with Crippen LogP contribution in [0.25, 0.3) is 46.4 Å². The molecule has 29 heavy (non-hydrogen) atoms. The van der Waals surface area contributed by atoms with Gasteiger partial charge in [0.1, 0.15) is 22.8 Å². The van der Waals surface area contributed by atoms with Crippen LogP contribution in [-0.4, -0.2) is 40.4 Å². The minimum absolute atomic E-state index is 0. The summed E-state index contributed by atoms with van der Waals surface area (Å²) in [5.41, 5.74) is 2.44. The summed E-state index contributed by atoms with van der Waals surface area (Å²) >= 11 is 0. The van der Waals surface area contributed by atoms with Gasteiger partial charge in [-0.15, -0.1) is 0 Å². The van der Waals surface area contributed by atoms with Crippen LogP contribution in [0.1, 0.15) is 22.8 Å². The van der Waals surface area contributed by atoms with Gasteiger partial charge in [-0.2, -0.15) is 0 Å². The molecular weight excluding hydrogens is 419 g/mol. The monoisotopic (exact) mass is 433 g/mol. The minimum Gasteiger partial charge on any atom is -0.504 e. The number of fused-ring (bicyclic) bond motifs is 8. The maximum absolute atomic E-state index is 10.5. The van der Waals surface area contributed by atoms with Gasteiger partial charge in [-0.3, -0.25) is 0 Å². The van der Waals surface area contributed by atoms with Crippen LogP contribution >= 0.6 is 0 Å². The summed E-state index contributed by atoms with van der Waals surface area (Å²) in [4.78, 5) is 14.3. The van der Waals surface area contributed by atoms with Crippen molar-refractivity contribution in [2.45, 2.75) is 0 Å². The van der Waals surface area contributed by atoms with Gasteiger partial charge in [0.2, 0.25) is 0 Å².